The summed E-state index contributed by atoms with van der Waals surface area (Å²) < 4.78 is 5.15. The Labute approximate surface area is 149 Å². The molecule has 0 fully saturated rings. The number of benzene rings is 2. The highest BCUT2D eigenvalue weighted by Crippen LogP contribution is 2.13. The molecule has 0 aliphatic rings. The number of nitrogens with one attached hydrogen (secondary N) is 1. The Morgan fingerprint density at radius 2 is 1.67 bits per heavy atom. The summed E-state index contributed by atoms with van der Waals surface area (Å²) >= 11 is 0. The van der Waals surface area contributed by atoms with E-state index in [4.69, 9.17) is 10.5 Å². The van der Waals surface area contributed by atoms with Crippen molar-refractivity contribution in [1.29, 1.82) is 0 Å². The largest absolute Gasteiger partial charge is 0.497 e. The van der Waals surface area contributed by atoms with E-state index in [0.717, 1.165) is 24.2 Å². The topological polar surface area (TPSA) is 64.3 Å². The van der Waals surface area contributed by atoms with Crippen LogP contribution in [0, 0.1) is 0 Å². The second-order valence-corrected chi connectivity index (χ2v) is 5.66. The van der Waals surface area contributed by atoms with Crippen LogP contribution in [-0.2, 0) is 13.0 Å². The Morgan fingerprint density at radius 3 is 2.21 bits per heavy atom. The molecule has 2 aromatic carbocycles. The minimum absolute atomic E-state index is 0. The monoisotopic (exact) mass is 348 g/mol. The van der Waals surface area contributed by atoms with E-state index in [1.807, 2.05) is 43.3 Å². The minimum atomic E-state index is -0.0456. The summed E-state index contributed by atoms with van der Waals surface area (Å²) in [5, 5.41) is 3.03. The van der Waals surface area contributed by atoms with Crippen LogP contribution in [0.1, 0.15) is 34.8 Å². The van der Waals surface area contributed by atoms with E-state index < -0.39 is 0 Å². The smallest absolute Gasteiger partial charge is 0.251 e. The molecule has 0 saturated carbocycles. The van der Waals surface area contributed by atoms with Gasteiger partial charge in [-0.2, -0.15) is 0 Å². The molecular weight excluding hydrogens is 324 g/mol. The molecule has 24 heavy (non-hydrogen) atoms. The lowest BCUT2D eigenvalue weighted by Gasteiger charge is -2.14. The predicted octanol–water partition coefficient (Wildman–Crippen LogP) is 3.33. The number of carbonyl (C=O) groups excluding carboxylic acids is 1. The van der Waals surface area contributed by atoms with Crippen molar-refractivity contribution in [2.45, 2.75) is 32.4 Å². The summed E-state index contributed by atoms with van der Waals surface area (Å²) in [6.45, 7) is 2.51. The van der Waals surface area contributed by atoms with Crippen molar-refractivity contribution in [3.63, 3.8) is 0 Å². The molecule has 3 N–H and O–H groups in total. The van der Waals surface area contributed by atoms with Crippen LogP contribution >= 0.6 is 12.4 Å². The normalized spacial score (nSPS) is 11.3. The summed E-state index contributed by atoms with van der Waals surface area (Å²) in [6.07, 6.45) is 1.80. The number of ether oxygens (including phenoxy) is 1. The number of hydrogen-bond donors (Lipinski definition) is 2. The molecule has 4 nitrogen and oxygen atoms in total. The SMILES string of the molecule is COc1ccc(CCC(C)NC(=O)c2ccc(CN)cc2)cc1.Cl. The molecule has 0 spiro atoms. The number of methoxy groups -OCH3 is 1. The Morgan fingerprint density at radius 1 is 1.08 bits per heavy atom. The van der Waals surface area contributed by atoms with E-state index >= 15 is 0 Å². The first kappa shape index (κ1) is 20.0. The summed E-state index contributed by atoms with van der Waals surface area (Å²) in [4.78, 5) is 12.2. The van der Waals surface area contributed by atoms with Gasteiger partial charge >= 0.3 is 0 Å². The van der Waals surface area contributed by atoms with Crippen LogP contribution in [0.25, 0.3) is 0 Å². The average Bonchev–Trinajstić information content (AvgIpc) is 2.60. The lowest BCUT2D eigenvalue weighted by atomic mass is 10.1. The minimum Gasteiger partial charge on any atom is -0.497 e. The Kier molecular flexibility index (Phi) is 8.30. The summed E-state index contributed by atoms with van der Waals surface area (Å²) in [5.74, 6) is 0.812. The standard InChI is InChI=1S/C19H24N2O2.ClH/c1-14(3-4-15-7-11-18(23-2)12-8-15)21-19(22)17-9-5-16(13-20)6-10-17;/h5-12,14H,3-4,13,20H2,1-2H3,(H,21,22);1H. The molecule has 5 heteroatoms. The molecule has 0 heterocycles. The van der Waals surface area contributed by atoms with E-state index in [2.05, 4.69) is 17.4 Å². The molecule has 0 aliphatic heterocycles. The third-order valence-corrected chi connectivity index (χ3v) is 3.85. The van der Waals surface area contributed by atoms with Crippen molar-refractivity contribution in [2.24, 2.45) is 5.73 Å². The number of rotatable bonds is 7. The van der Waals surface area contributed by atoms with Crippen molar-refractivity contribution in [1.82, 2.24) is 5.32 Å². The van der Waals surface area contributed by atoms with Crippen molar-refractivity contribution < 1.29 is 9.53 Å². The number of nitrogens with two attached hydrogens (primary N) is 1. The third kappa shape index (κ3) is 5.87. The van der Waals surface area contributed by atoms with Gasteiger partial charge in [-0.15, -0.1) is 12.4 Å². The lowest BCUT2D eigenvalue weighted by Crippen LogP contribution is -2.32. The fourth-order valence-electron chi connectivity index (χ4n) is 2.35. The van der Waals surface area contributed by atoms with E-state index in [1.165, 1.54) is 5.56 Å². The molecule has 0 radical (unpaired) electrons. The molecule has 1 amide bonds. The Bertz CT molecular complexity index is 627. The van der Waals surface area contributed by atoms with Gasteiger partial charge < -0.3 is 15.8 Å². The van der Waals surface area contributed by atoms with Gasteiger partial charge in [0.05, 0.1) is 7.11 Å². The zero-order chi connectivity index (χ0) is 16.7. The molecule has 0 aliphatic carbocycles. The first-order valence-corrected chi connectivity index (χ1v) is 7.85. The predicted molar refractivity (Wildman–Crippen MR) is 99.8 cm³/mol. The van der Waals surface area contributed by atoms with Gasteiger partial charge in [-0.05, 0) is 55.2 Å². The lowest BCUT2D eigenvalue weighted by molar-refractivity contribution is 0.0938. The summed E-state index contributed by atoms with van der Waals surface area (Å²) in [5.41, 5.74) is 8.48. The van der Waals surface area contributed by atoms with E-state index in [0.29, 0.717) is 12.1 Å². The number of halogens is 1. The van der Waals surface area contributed by atoms with E-state index in [-0.39, 0.29) is 24.4 Å². The van der Waals surface area contributed by atoms with Gasteiger partial charge in [0.2, 0.25) is 0 Å². The molecule has 0 bridgehead atoms. The quantitative estimate of drug-likeness (QED) is 0.806. The van der Waals surface area contributed by atoms with Gasteiger partial charge in [-0.1, -0.05) is 24.3 Å². The van der Waals surface area contributed by atoms with E-state index in [1.54, 1.807) is 7.11 Å². The molecule has 0 saturated heterocycles. The highest BCUT2D eigenvalue weighted by atomic mass is 35.5. The first-order valence-electron chi connectivity index (χ1n) is 7.85. The molecule has 1 atom stereocenters. The molecule has 2 rings (SSSR count). The fraction of sp³-hybridized carbons (Fsp3) is 0.316. The second-order valence-electron chi connectivity index (χ2n) is 5.66. The van der Waals surface area contributed by atoms with Gasteiger partial charge in [0.25, 0.3) is 5.91 Å². The van der Waals surface area contributed by atoms with Crippen LogP contribution in [0.15, 0.2) is 48.5 Å². The van der Waals surface area contributed by atoms with Crippen LogP contribution in [0.2, 0.25) is 0 Å². The number of carbonyl (C=O) groups is 1. The first-order chi connectivity index (χ1) is 11.1. The van der Waals surface area contributed by atoms with Crippen LogP contribution in [0.5, 0.6) is 5.75 Å². The average molecular weight is 349 g/mol. The zero-order valence-corrected chi connectivity index (χ0v) is 14.9. The molecular formula is C19H25ClN2O2. The number of aryl methyl sites for hydroxylation is 1. The van der Waals surface area contributed by atoms with Crippen molar-refractivity contribution in [2.75, 3.05) is 7.11 Å². The summed E-state index contributed by atoms with van der Waals surface area (Å²) in [7, 11) is 1.66. The highest BCUT2D eigenvalue weighted by Gasteiger charge is 2.10. The second kappa shape index (κ2) is 9.96. The Hall–Kier alpha value is -2.04. The van der Waals surface area contributed by atoms with Crippen LogP contribution in [0.4, 0.5) is 0 Å². The molecule has 0 aromatic heterocycles. The van der Waals surface area contributed by atoms with Crippen molar-refractivity contribution >= 4 is 18.3 Å². The van der Waals surface area contributed by atoms with Crippen LogP contribution in [0.3, 0.4) is 0 Å². The van der Waals surface area contributed by atoms with Gasteiger partial charge in [0.1, 0.15) is 5.75 Å². The van der Waals surface area contributed by atoms with Gasteiger partial charge in [-0.25, -0.2) is 0 Å². The van der Waals surface area contributed by atoms with Crippen molar-refractivity contribution in [3.8, 4) is 5.75 Å². The maximum Gasteiger partial charge on any atom is 0.251 e. The van der Waals surface area contributed by atoms with Crippen LogP contribution < -0.4 is 15.8 Å². The third-order valence-electron chi connectivity index (χ3n) is 3.85. The number of hydrogen-bond acceptors (Lipinski definition) is 3. The molecule has 2 aromatic rings. The number of amides is 1. The van der Waals surface area contributed by atoms with Gasteiger partial charge in [-0.3, -0.25) is 4.79 Å². The molecule has 130 valence electrons. The molecule has 1 unspecified atom stereocenters. The zero-order valence-electron chi connectivity index (χ0n) is 14.1. The van der Waals surface area contributed by atoms with Gasteiger partial charge in [0.15, 0.2) is 0 Å². The van der Waals surface area contributed by atoms with Crippen LogP contribution in [-0.4, -0.2) is 19.1 Å². The highest BCUT2D eigenvalue weighted by molar-refractivity contribution is 5.94. The van der Waals surface area contributed by atoms with Crippen molar-refractivity contribution in [3.05, 3.63) is 65.2 Å². The fourth-order valence-corrected chi connectivity index (χ4v) is 2.35. The summed E-state index contributed by atoms with van der Waals surface area (Å²) in [6, 6.07) is 15.5. The maximum absolute atomic E-state index is 12.2. The maximum atomic E-state index is 12.2. The van der Waals surface area contributed by atoms with Gasteiger partial charge in [0, 0.05) is 18.2 Å². The van der Waals surface area contributed by atoms with E-state index in [9.17, 15) is 4.79 Å². The Balaban J connectivity index is 0.00000288.